The highest BCUT2D eigenvalue weighted by Gasteiger charge is 2.15. The summed E-state index contributed by atoms with van der Waals surface area (Å²) >= 11 is 11.1. The summed E-state index contributed by atoms with van der Waals surface area (Å²) in [7, 11) is 1.89. The first-order valence-electron chi connectivity index (χ1n) is 5.91. The van der Waals surface area contributed by atoms with Gasteiger partial charge in [-0.05, 0) is 25.2 Å². The van der Waals surface area contributed by atoms with Gasteiger partial charge in [-0.25, -0.2) is 0 Å². The van der Waals surface area contributed by atoms with E-state index in [1.807, 2.05) is 35.2 Å². The first-order valence-corrected chi connectivity index (χ1v) is 7.96. The van der Waals surface area contributed by atoms with Gasteiger partial charge in [0.25, 0.3) is 0 Å². The molecule has 0 saturated carbocycles. The van der Waals surface area contributed by atoms with Crippen LogP contribution in [0.1, 0.15) is 5.69 Å². The molecule has 0 radical (unpaired) electrons. The summed E-state index contributed by atoms with van der Waals surface area (Å²) in [5, 5.41) is 5.67. The highest BCUT2D eigenvalue weighted by Crippen LogP contribution is 2.33. The molecule has 0 aliphatic heterocycles. The Morgan fingerprint density at radius 3 is 3.10 bits per heavy atom. The summed E-state index contributed by atoms with van der Waals surface area (Å²) in [6.07, 6.45) is 1.98. The van der Waals surface area contributed by atoms with E-state index < -0.39 is 0 Å². The van der Waals surface area contributed by atoms with Crippen molar-refractivity contribution in [2.45, 2.75) is 6.54 Å². The molecule has 0 atom stereocenters. The lowest BCUT2D eigenvalue weighted by atomic mass is 10.3. The SMILES string of the molecule is CNCc1c(Oc2ccc(Br)cc2Cl)nc2sccn12. The summed E-state index contributed by atoms with van der Waals surface area (Å²) in [6.45, 7) is 0.668. The van der Waals surface area contributed by atoms with E-state index in [-0.39, 0.29) is 0 Å². The van der Waals surface area contributed by atoms with Crippen LogP contribution in [0.5, 0.6) is 11.6 Å². The van der Waals surface area contributed by atoms with Crippen molar-refractivity contribution in [1.29, 1.82) is 0 Å². The molecule has 3 aromatic rings. The highest BCUT2D eigenvalue weighted by atomic mass is 79.9. The number of hydrogen-bond donors (Lipinski definition) is 1. The van der Waals surface area contributed by atoms with Gasteiger partial charge in [0.2, 0.25) is 5.88 Å². The molecule has 4 nitrogen and oxygen atoms in total. The van der Waals surface area contributed by atoms with Gasteiger partial charge < -0.3 is 10.1 Å². The number of rotatable bonds is 4. The molecule has 2 aromatic heterocycles. The maximum atomic E-state index is 6.18. The Hall–Kier alpha value is -1.08. The van der Waals surface area contributed by atoms with Crippen LogP contribution in [0.25, 0.3) is 4.96 Å². The molecule has 0 unspecified atom stereocenters. The van der Waals surface area contributed by atoms with Crippen LogP contribution in [0.15, 0.2) is 34.2 Å². The van der Waals surface area contributed by atoms with Crippen LogP contribution in [-0.4, -0.2) is 16.4 Å². The van der Waals surface area contributed by atoms with E-state index in [2.05, 4.69) is 26.2 Å². The summed E-state index contributed by atoms with van der Waals surface area (Å²) in [4.78, 5) is 5.40. The second kappa shape index (κ2) is 5.73. The largest absolute Gasteiger partial charge is 0.436 e. The average Bonchev–Trinajstić information content (AvgIpc) is 2.96. The molecule has 0 aliphatic carbocycles. The molecular formula is C13H11BrClN3OS. The fourth-order valence-electron chi connectivity index (χ4n) is 1.88. The summed E-state index contributed by atoms with van der Waals surface area (Å²) in [5.41, 5.74) is 0.975. The number of nitrogens with zero attached hydrogens (tertiary/aromatic N) is 2. The van der Waals surface area contributed by atoms with Crippen molar-refractivity contribution in [2.75, 3.05) is 7.05 Å². The van der Waals surface area contributed by atoms with Crippen molar-refractivity contribution >= 4 is 43.8 Å². The quantitative estimate of drug-likeness (QED) is 0.741. The second-order valence-electron chi connectivity index (χ2n) is 4.13. The van der Waals surface area contributed by atoms with Crippen LogP contribution in [0, 0.1) is 0 Å². The van der Waals surface area contributed by atoms with Crippen LogP contribution in [0.2, 0.25) is 5.02 Å². The number of thiazole rings is 1. The van der Waals surface area contributed by atoms with Crippen LogP contribution in [0.4, 0.5) is 0 Å². The van der Waals surface area contributed by atoms with Gasteiger partial charge in [-0.3, -0.25) is 4.40 Å². The van der Waals surface area contributed by atoms with E-state index in [0.717, 1.165) is 15.1 Å². The monoisotopic (exact) mass is 371 g/mol. The van der Waals surface area contributed by atoms with Gasteiger partial charge in [-0.15, -0.1) is 11.3 Å². The summed E-state index contributed by atoms with van der Waals surface area (Å²) < 4.78 is 8.80. The number of halogens is 2. The van der Waals surface area contributed by atoms with E-state index in [1.165, 1.54) is 0 Å². The average molecular weight is 373 g/mol. The van der Waals surface area contributed by atoms with E-state index in [1.54, 1.807) is 17.4 Å². The molecule has 20 heavy (non-hydrogen) atoms. The van der Waals surface area contributed by atoms with Gasteiger partial charge in [-0.2, -0.15) is 4.98 Å². The molecule has 1 aromatic carbocycles. The lowest BCUT2D eigenvalue weighted by Gasteiger charge is -2.07. The number of ether oxygens (including phenoxy) is 1. The van der Waals surface area contributed by atoms with Crippen molar-refractivity contribution in [2.24, 2.45) is 0 Å². The zero-order valence-corrected chi connectivity index (χ0v) is 13.7. The number of aromatic nitrogens is 2. The first-order chi connectivity index (χ1) is 9.69. The predicted molar refractivity (Wildman–Crippen MR) is 85.1 cm³/mol. The van der Waals surface area contributed by atoms with E-state index in [4.69, 9.17) is 16.3 Å². The number of benzene rings is 1. The zero-order chi connectivity index (χ0) is 14.1. The van der Waals surface area contributed by atoms with Crippen LogP contribution >= 0.6 is 38.9 Å². The number of hydrogen-bond acceptors (Lipinski definition) is 4. The third-order valence-corrected chi connectivity index (χ3v) is 4.31. The lowest BCUT2D eigenvalue weighted by Crippen LogP contribution is -2.08. The Kier molecular flexibility index (Phi) is 3.98. The van der Waals surface area contributed by atoms with E-state index >= 15 is 0 Å². The second-order valence-corrected chi connectivity index (χ2v) is 6.32. The minimum atomic E-state index is 0.547. The molecule has 1 N–H and O–H groups in total. The number of imidazole rings is 1. The van der Waals surface area contributed by atoms with Crippen molar-refractivity contribution in [3.63, 3.8) is 0 Å². The van der Waals surface area contributed by atoms with Crippen molar-refractivity contribution in [3.05, 3.63) is 45.0 Å². The Balaban J connectivity index is 2.01. The third kappa shape index (κ3) is 2.56. The summed E-state index contributed by atoms with van der Waals surface area (Å²) in [5.74, 6) is 1.17. The lowest BCUT2D eigenvalue weighted by molar-refractivity contribution is 0.457. The molecule has 7 heteroatoms. The molecule has 0 aliphatic rings. The van der Waals surface area contributed by atoms with Gasteiger partial charge in [0, 0.05) is 22.6 Å². The van der Waals surface area contributed by atoms with E-state index in [9.17, 15) is 0 Å². The molecule has 0 bridgehead atoms. The van der Waals surface area contributed by atoms with Gasteiger partial charge >= 0.3 is 0 Å². The zero-order valence-electron chi connectivity index (χ0n) is 10.6. The predicted octanol–water partition coefficient (Wildman–Crippen LogP) is 4.32. The fraction of sp³-hybridized carbons (Fsp3) is 0.154. The Labute approximate surface area is 133 Å². The highest BCUT2D eigenvalue weighted by molar-refractivity contribution is 9.10. The molecule has 2 heterocycles. The molecule has 0 fully saturated rings. The van der Waals surface area contributed by atoms with Crippen LogP contribution < -0.4 is 10.1 Å². The first kappa shape index (κ1) is 13.9. The topological polar surface area (TPSA) is 38.6 Å². The van der Waals surface area contributed by atoms with Gasteiger partial charge in [-0.1, -0.05) is 27.5 Å². The smallest absolute Gasteiger partial charge is 0.243 e. The fourth-order valence-corrected chi connectivity index (χ4v) is 3.32. The standard InChI is InChI=1S/C13H11BrClN3OS/c1-16-7-10-12(17-13-18(10)4-5-20-13)19-11-3-2-8(14)6-9(11)15/h2-6,16H,7H2,1H3. The van der Waals surface area contributed by atoms with Gasteiger partial charge in [0.1, 0.15) is 11.4 Å². The molecule has 0 amide bonds. The molecule has 0 saturated heterocycles. The molecular weight excluding hydrogens is 362 g/mol. The Morgan fingerprint density at radius 1 is 1.50 bits per heavy atom. The normalized spacial score (nSPS) is 11.2. The van der Waals surface area contributed by atoms with Crippen molar-refractivity contribution in [1.82, 2.24) is 14.7 Å². The molecule has 3 rings (SSSR count). The third-order valence-electron chi connectivity index (χ3n) is 2.77. The van der Waals surface area contributed by atoms with Gasteiger partial charge in [0.05, 0.1) is 5.02 Å². The maximum Gasteiger partial charge on any atom is 0.243 e. The number of nitrogens with one attached hydrogen (secondary N) is 1. The Bertz CT molecular complexity index is 755. The molecule has 104 valence electrons. The van der Waals surface area contributed by atoms with Crippen LogP contribution in [0.3, 0.4) is 0 Å². The Morgan fingerprint density at radius 2 is 2.35 bits per heavy atom. The number of fused-ring (bicyclic) bond motifs is 1. The minimum absolute atomic E-state index is 0.547. The van der Waals surface area contributed by atoms with Crippen molar-refractivity contribution in [3.8, 4) is 11.6 Å². The minimum Gasteiger partial charge on any atom is -0.436 e. The summed E-state index contributed by atoms with van der Waals surface area (Å²) in [6, 6.07) is 5.51. The van der Waals surface area contributed by atoms with Gasteiger partial charge in [0.15, 0.2) is 4.96 Å². The molecule has 0 spiro atoms. The van der Waals surface area contributed by atoms with Crippen molar-refractivity contribution < 1.29 is 4.74 Å². The van der Waals surface area contributed by atoms with Crippen LogP contribution in [-0.2, 0) is 6.54 Å². The maximum absolute atomic E-state index is 6.18. The van der Waals surface area contributed by atoms with E-state index in [0.29, 0.717) is 23.2 Å².